The summed E-state index contributed by atoms with van der Waals surface area (Å²) in [6, 6.07) is 1.33. The summed E-state index contributed by atoms with van der Waals surface area (Å²) in [6.07, 6.45) is -7.88. The SMILES string of the molecule is FC(F)(F)c1ccc(-c2cnco2)c(C(F)(F)F)c1. The van der Waals surface area contributed by atoms with Crippen LogP contribution in [0.3, 0.4) is 0 Å². The molecule has 0 spiro atoms. The summed E-state index contributed by atoms with van der Waals surface area (Å²) in [4.78, 5) is 3.44. The van der Waals surface area contributed by atoms with E-state index in [1.807, 2.05) is 0 Å². The van der Waals surface area contributed by atoms with Crippen molar-refractivity contribution < 1.29 is 30.8 Å². The summed E-state index contributed by atoms with van der Waals surface area (Å²) in [5.74, 6) is -0.249. The molecule has 0 fully saturated rings. The molecule has 0 atom stereocenters. The molecule has 19 heavy (non-hydrogen) atoms. The molecular formula is C11H5F6NO. The van der Waals surface area contributed by atoms with Gasteiger partial charge in [-0.15, -0.1) is 0 Å². The van der Waals surface area contributed by atoms with Crippen molar-refractivity contribution in [1.29, 1.82) is 0 Å². The highest BCUT2D eigenvalue weighted by atomic mass is 19.4. The van der Waals surface area contributed by atoms with Crippen molar-refractivity contribution in [3.63, 3.8) is 0 Å². The summed E-state index contributed by atoms with van der Waals surface area (Å²) in [7, 11) is 0. The molecule has 0 amide bonds. The molecule has 0 N–H and O–H groups in total. The van der Waals surface area contributed by atoms with E-state index in [9.17, 15) is 26.3 Å². The summed E-state index contributed by atoms with van der Waals surface area (Å²) >= 11 is 0. The maximum absolute atomic E-state index is 12.8. The fourth-order valence-corrected chi connectivity index (χ4v) is 1.52. The molecule has 0 aliphatic rings. The predicted octanol–water partition coefficient (Wildman–Crippen LogP) is 4.38. The minimum atomic E-state index is -4.93. The van der Waals surface area contributed by atoms with Crippen LogP contribution in [0, 0.1) is 0 Å². The molecule has 102 valence electrons. The molecule has 2 rings (SSSR count). The number of hydrogen-bond acceptors (Lipinski definition) is 2. The number of halogens is 6. The Balaban J connectivity index is 2.63. The van der Waals surface area contributed by atoms with Crippen molar-refractivity contribution >= 4 is 0 Å². The quantitative estimate of drug-likeness (QED) is 0.725. The molecule has 0 aliphatic heterocycles. The lowest BCUT2D eigenvalue weighted by molar-refractivity contribution is -0.142. The Hall–Kier alpha value is -1.99. The second-order valence-corrected chi connectivity index (χ2v) is 3.62. The number of hydrogen-bond donors (Lipinski definition) is 0. The van der Waals surface area contributed by atoms with Gasteiger partial charge in [0.2, 0.25) is 0 Å². The van der Waals surface area contributed by atoms with Gasteiger partial charge in [0, 0.05) is 5.56 Å². The Morgan fingerprint density at radius 1 is 0.947 bits per heavy atom. The van der Waals surface area contributed by atoms with Gasteiger partial charge < -0.3 is 4.42 Å². The Kier molecular flexibility index (Phi) is 3.03. The molecule has 0 radical (unpaired) electrons. The zero-order valence-electron chi connectivity index (χ0n) is 9.01. The van der Waals surface area contributed by atoms with Crippen molar-refractivity contribution in [2.45, 2.75) is 12.4 Å². The maximum atomic E-state index is 12.8. The van der Waals surface area contributed by atoms with Gasteiger partial charge in [-0.05, 0) is 18.2 Å². The summed E-state index contributed by atoms with van der Waals surface area (Å²) < 4.78 is 80.3. The van der Waals surface area contributed by atoms with E-state index >= 15 is 0 Å². The van der Waals surface area contributed by atoms with Gasteiger partial charge in [-0.1, -0.05) is 0 Å². The third-order valence-corrected chi connectivity index (χ3v) is 2.35. The Morgan fingerprint density at radius 2 is 1.63 bits per heavy atom. The van der Waals surface area contributed by atoms with E-state index in [2.05, 4.69) is 9.40 Å². The fourth-order valence-electron chi connectivity index (χ4n) is 1.52. The lowest BCUT2D eigenvalue weighted by Crippen LogP contribution is -2.11. The first kappa shape index (κ1) is 13.4. The minimum absolute atomic E-state index is 0.0534. The largest absolute Gasteiger partial charge is 0.444 e. The molecule has 1 aromatic heterocycles. The van der Waals surface area contributed by atoms with E-state index in [0.717, 1.165) is 12.6 Å². The van der Waals surface area contributed by atoms with Crippen LogP contribution in [0.4, 0.5) is 26.3 Å². The van der Waals surface area contributed by atoms with Crippen molar-refractivity contribution in [1.82, 2.24) is 4.98 Å². The Labute approximate surface area is 102 Å². The molecule has 2 aromatic rings. The summed E-state index contributed by atoms with van der Waals surface area (Å²) in [5, 5.41) is 0. The van der Waals surface area contributed by atoms with Gasteiger partial charge in [0.05, 0.1) is 17.3 Å². The van der Waals surface area contributed by atoms with Crippen LogP contribution in [0.1, 0.15) is 11.1 Å². The van der Waals surface area contributed by atoms with E-state index in [0.29, 0.717) is 12.1 Å². The summed E-state index contributed by atoms with van der Waals surface area (Å²) in [5.41, 5.74) is -3.28. The molecule has 8 heteroatoms. The van der Waals surface area contributed by atoms with Crippen LogP contribution in [0.15, 0.2) is 35.2 Å². The number of alkyl halides is 6. The number of oxazole rings is 1. The Bertz CT molecular complexity index is 570. The average molecular weight is 281 g/mol. The lowest BCUT2D eigenvalue weighted by atomic mass is 10.0. The van der Waals surface area contributed by atoms with Gasteiger partial charge in [0.25, 0.3) is 0 Å². The van der Waals surface area contributed by atoms with Crippen molar-refractivity contribution in [3.05, 3.63) is 41.9 Å². The van der Waals surface area contributed by atoms with Gasteiger partial charge in [-0.3, -0.25) is 0 Å². The predicted molar refractivity (Wildman–Crippen MR) is 51.9 cm³/mol. The molecule has 0 saturated carbocycles. The molecule has 0 bridgehead atoms. The highest BCUT2D eigenvalue weighted by Crippen LogP contribution is 2.40. The topological polar surface area (TPSA) is 26.0 Å². The molecular weight excluding hydrogens is 276 g/mol. The monoisotopic (exact) mass is 281 g/mol. The zero-order valence-corrected chi connectivity index (χ0v) is 9.01. The van der Waals surface area contributed by atoms with Crippen LogP contribution in [-0.2, 0) is 12.4 Å². The number of aromatic nitrogens is 1. The number of nitrogens with zero attached hydrogens (tertiary/aromatic N) is 1. The highest BCUT2D eigenvalue weighted by molar-refractivity contribution is 5.63. The zero-order chi connectivity index (χ0) is 14.3. The van der Waals surface area contributed by atoms with E-state index in [1.54, 1.807) is 0 Å². The number of rotatable bonds is 1. The first-order valence-electron chi connectivity index (χ1n) is 4.87. The van der Waals surface area contributed by atoms with Crippen molar-refractivity contribution in [2.24, 2.45) is 0 Å². The lowest BCUT2D eigenvalue weighted by Gasteiger charge is -2.14. The van der Waals surface area contributed by atoms with E-state index < -0.39 is 29.0 Å². The van der Waals surface area contributed by atoms with Crippen LogP contribution in [0.25, 0.3) is 11.3 Å². The molecule has 0 aliphatic carbocycles. The van der Waals surface area contributed by atoms with Crippen LogP contribution in [-0.4, -0.2) is 4.98 Å². The summed E-state index contributed by atoms with van der Waals surface area (Å²) in [6.45, 7) is 0. The smallest absolute Gasteiger partial charge is 0.417 e. The molecule has 0 saturated heterocycles. The highest BCUT2D eigenvalue weighted by Gasteiger charge is 2.38. The van der Waals surface area contributed by atoms with Gasteiger partial charge in [-0.2, -0.15) is 26.3 Å². The van der Waals surface area contributed by atoms with Gasteiger partial charge in [-0.25, -0.2) is 4.98 Å². The van der Waals surface area contributed by atoms with Crippen LogP contribution in [0.5, 0.6) is 0 Å². The third kappa shape index (κ3) is 2.72. The standard InChI is InChI=1S/C11H5F6NO/c12-10(13,14)6-1-2-7(9-4-18-5-19-9)8(3-6)11(15,16)17/h1-5H. The first-order valence-corrected chi connectivity index (χ1v) is 4.87. The van der Waals surface area contributed by atoms with Gasteiger partial charge >= 0.3 is 12.4 Å². The van der Waals surface area contributed by atoms with E-state index in [4.69, 9.17) is 0 Å². The Morgan fingerprint density at radius 3 is 2.11 bits per heavy atom. The van der Waals surface area contributed by atoms with Crippen LogP contribution >= 0.6 is 0 Å². The second-order valence-electron chi connectivity index (χ2n) is 3.62. The number of benzene rings is 1. The maximum Gasteiger partial charge on any atom is 0.417 e. The third-order valence-electron chi connectivity index (χ3n) is 2.35. The van der Waals surface area contributed by atoms with E-state index in [1.165, 1.54) is 0 Å². The van der Waals surface area contributed by atoms with E-state index in [-0.39, 0.29) is 11.8 Å². The van der Waals surface area contributed by atoms with Crippen molar-refractivity contribution in [3.8, 4) is 11.3 Å². The van der Waals surface area contributed by atoms with Crippen LogP contribution in [0.2, 0.25) is 0 Å². The molecule has 1 aromatic carbocycles. The normalized spacial score (nSPS) is 12.7. The molecule has 2 nitrogen and oxygen atoms in total. The second kappa shape index (κ2) is 4.29. The van der Waals surface area contributed by atoms with Crippen molar-refractivity contribution in [2.75, 3.05) is 0 Å². The molecule has 0 unspecified atom stereocenters. The van der Waals surface area contributed by atoms with Gasteiger partial charge in [0.15, 0.2) is 12.2 Å². The molecule has 1 heterocycles. The average Bonchev–Trinajstić information content (AvgIpc) is 2.79. The van der Waals surface area contributed by atoms with Crippen LogP contribution < -0.4 is 0 Å². The fraction of sp³-hybridized carbons (Fsp3) is 0.182. The van der Waals surface area contributed by atoms with Gasteiger partial charge in [0.1, 0.15) is 0 Å². The minimum Gasteiger partial charge on any atom is -0.444 e. The first-order chi connectivity index (χ1) is 8.69.